The second-order valence-corrected chi connectivity index (χ2v) is 4.10. The second-order valence-electron chi connectivity index (χ2n) is 3.66. The minimum atomic E-state index is -4.45. The average molecular weight is 273 g/mol. The molecule has 0 radical (unpaired) electrons. The Morgan fingerprint density at radius 2 is 1.83 bits per heavy atom. The molecule has 0 bridgehead atoms. The average Bonchev–Trinajstić information content (AvgIpc) is 2.31. The Labute approximate surface area is 106 Å². The van der Waals surface area contributed by atoms with E-state index in [1.165, 1.54) is 6.07 Å². The molecule has 0 fully saturated rings. The molecular formula is C12H8ClF3N2. The SMILES string of the molecule is Nc1ccc(Cl)cc1-c1ccc(C(F)(F)F)nc1. The van der Waals surface area contributed by atoms with Crippen molar-refractivity contribution in [2.45, 2.75) is 6.18 Å². The first-order valence-electron chi connectivity index (χ1n) is 4.96. The van der Waals surface area contributed by atoms with E-state index in [0.717, 1.165) is 12.3 Å². The summed E-state index contributed by atoms with van der Waals surface area (Å²) in [5.41, 5.74) is 6.28. The summed E-state index contributed by atoms with van der Waals surface area (Å²) in [5.74, 6) is 0. The maximum absolute atomic E-state index is 12.4. The Hall–Kier alpha value is -1.75. The van der Waals surface area contributed by atoms with Gasteiger partial charge in [-0.05, 0) is 24.3 Å². The van der Waals surface area contributed by atoms with Crippen molar-refractivity contribution >= 4 is 17.3 Å². The number of alkyl halides is 3. The molecular weight excluding hydrogens is 265 g/mol. The van der Waals surface area contributed by atoms with Gasteiger partial charge in [-0.15, -0.1) is 0 Å². The molecule has 0 spiro atoms. The third-order valence-electron chi connectivity index (χ3n) is 2.38. The molecule has 0 unspecified atom stereocenters. The molecule has 2 N–H and O–H groups in total. The molecule has 0 saturated heterocycles. The van der Waals surface area contributed by atoms with E-state index in [-0.39, 0.29) is 0 Å². The van der Waals surface area contributed by atoms with Gasteiger partial charge in [0.25, 0.3) is 0 Å². The van der Waals surface area contributed by atoms with Gasteiger partial charge in [-0.2, -0.15) is 13.2 Å². The quantitative estimate of drug-likeness (QED) is 0.797. The highest BCUT2D eigenvalue weighted by molar-refractivity contribution is 6.31. The summed E-state index contributed by atoms with van der Waals surface area (Å²) in [7, 11) is 0. The molecule has 2 rings (SSSR count). The van der Waals surface area contributed by atoms with E-state index in [2.05, 4.69) is 4.98 Å². The van der Waals surface area contributed by atoms with Crippen LogP contribution in [-0.4, -0.2) is 4.98 Å². The van der Waals surface area contributed by atoms with Gasteiger partial charge in [-0.1, -0.05) is 17.7 Å². The van der Waals surface area contributed by atoms with Crippen molar-refractivity contribution in [2.75, 3.05) is 5.73 Å². The molecule has 0 aliphatic carbocycles. The smallest absolute Gasteiger partial charge is 0.398 e. The van der Waals surface area contributed by atoms with E-state index in [0.29, 0.717) is 21.8 Å². The van der Waals surface area contributed by atoms with Crippen molar-refractivity contribution in [1.82, 2.24) is 4.98 Å². The van der Waals surface area contributed by atoms with E-state index >= 15 is 0 Å². The van der Waals surface area contributed by atoms with E-state index in [1.54, 1.807) is 18.2 Å². The monoisotopic (exact) mass is 272 g/mol. The van der Waals surface area contributed by atoms with Crippen LogP contribution in [0, 0.1) is 0 Å². The van der Waals surface area contributed by atoms with Gasteiger partial charge in [0, 0.05) is 28.0 Å². The number of anilines is 1. The number of aromatic nitrogens is 1. The van der Waals surface area contributed by atoms with Gasteiger partial charge in [-0.25, -0.2) is 0 Å². The molecule has 2 aromatic rings. The summed E-state index contributed by atoms with van der Waals surface area (Å²) < 4.78 is 37.1. The largest absolute Gasteiger partial charge is 0.433 e. The normalized spacial score (nSPS) is 11.6. The Morgan fingerprint density at radius 3 is 2.39 bits per heavy atom. The van der Waals surface area contributed by atoms with Crippen molar-refractivity contribution in [2.24, 2.45) is 0 Å². The van der Waals surface area contributed by atoms with Gasteiger partial charge in [-0.3, -0.25) is 4.98 Å². The highest BCUT2D eigenvalue weighted by atomic mass is 35.5. The number of benzene rings is 1. The zero-order valence-corrected chi connectivity index (χ0v) is 9.76. The zero-order valence-electron chi connectivity index (χ0n) is 9.00. The highest BCUT2D eigenvalue weighted by Gasteiger charge is 2.32. The third kappa shape index (κ3) is 2.56. The highest BCUT2D eigenvalue weighted by Crippen LogP contribution is 2.31. The summed E-state index contributed by atoms with van der Waals surface area (Å²) in [6, 6.07) is 7.02. The lowest BCUT2D eigenvalue weighted by Gasteiger charge is -2.08. The Kier molecular flexibility index (Phi) is 3.17. The molecule has 1 aromatic carbocycles. The number of nitrogens with zero attached hydrogens (tertiary/aromatic N) is 1. The van der Waals surface area contributed by atoms with Crippen LogP contribution < -0.4 is 5.73 Å². The number of hydrogen-bond donors (Lipinski definition) is 1. The van der Waals surface area contributed by atoms with Gasteiger partial charge in [0.15, 0.2) is 0 Å². The first-order valence-corrected chi connectivity index (χ1v) is 5.34. The fourth-order valence-electron chi connectivity index (χ4n) is 1.50. The molecule has 18 heavy (non-hydrogen) atoms. The molecule has 0 amide bonds. The number of nitrogens with two attached hydrogens (primary N) is 1. The van der Waals surface area contributed by atoms with Gasteiger partial charge in [0.05, 0.1) is 0 Å². The maximum atomic E-state index is 12.4. The maximum Gasteiger partial charge on any atom is 0.433 e. The standard InChI is InChI=1S/C12H8ClF3N2/c13-8-2-3-10(17)9(5-8)7-1-4-11(18-6-7)12(14,15)16/h1-6H,17H2. The van der Waals surface area contributed by atoms with Crippen molar-refractivity contribution in [3.8, 4) is 11.1 Å². The predicted octanol–water partition coefficient (Wildman–Crippen LogP) is 4.00. The third-order valence-corrected chi connectivity index (χ3v) is 2.62. The van der Waals surface area contributed by atoms with Crippen LogP contribution in [0.25, 0.3) is 11.1 Å². The van der Waals surface area contributed by atoms with Crippen LogP contribution >= 0.6 is 11.6 Å². The molecule has 0 aliphatic rings. The van der Waals surface area contributed by atoms with Crippen LogP contribution in [0.15, 0.2) is 36.5 Å². The number of hydrogen-bond acceptors (Lipinski definition) is 2. The molecule has 6 heteroatoms. The summed E-state index contributed by atoms with van der Waals surface area (Å²) in [6.45, 7) is 0. The molecule has 94 valence electrons. The van der Waals surface area contributed by atoms with Crippen LogP contribution in [0.5, 0.6) is 0 Å². The van der Waals surface area contributed by atoms with Crippen LogP contribution in [0.1, 0.15) is 5.69 Å². The lowest BCUT2D eigenvalue weighted by atomic mass is 10.1. The summed E-state index contributed by atoms with van der Waals surface area (Å²) >= 11 is 5.81. The Balaban J connectivity index is 2.43. The number of halogens is 4. The first kappa shape index (κ1) is 12.7. The minimum Gasteiger partial charge on any atom is -0.398 e. The van der Waals surface area contributed by atoms with E-state index in [1.807, 2.05) is 0 Å². The van der Waals surface area contributed by atoms with Crippen LogP contribution in [0.3, 0.4) is 0 Å². The number of rotatable bonds is 1. The number of pyridine rings is 1. The van der Waals surface area contributed by atoms with Crippen molar-refractivity contribution in [3.63, 3.8) is 0 Å². The lowest BCUT2D eigenvalue weighted by molar-refractivity contribution is -0.141. The fourth-order valence-corrected chi connectivity index (χ4v) is 1.67. The van der Waals surface area contributed by atoms with E-state index in [9.17, 15) is 13.2 Å². The van der Waals surface area contributed by atoms with Crippen molar-refractivity contribution < 1.29 is 13.2 Å². The second kappa shape index (κ2) is 4.49. The molecule has 0 saturated carbocycles. The summed E-state index contributed by atoms with van der Waals surface area (Å²) in [4.78, 5) is 3.37. The Morgan fingerprint density at radius 1 is 1.11 bits per heavy atom. The first-order chi connectivity index (χ1) is 8.38. The zero-order chi connectivity index (χ0) is 13.3. The van der Waals surface area contributed by atoms with Gasteiger partial charge < -0.3 is 5.73 Å². The molecule has 1 aromatic heterocycles. The fraction of sp³-hybridized carbons (Fsp3) is 0.0833. The molecule has 2 nitrogen and oxygen atoms in total. The summed E-state index contributed by atoms with van der Waals surface area (Å²) in [6.07, 6.45) is -3.32. The lowest BCUT2D eigenvalue weighted by Crippen LogP contribution is -2.07. The van der Waals surface area contributed by atoms with Crippen LogP contribution in [0.4, 0.5) is 18.9 Å². The Bertz CT molecular complexity index is 565. The number of nitrogen functional groups attached to an aromatic ring is 1. The van der Waals surface area contributed by atoms with Gasteiger partial charge in [0.2, 0.25) is 0 Å². The van der Waals surface area contributed by atoms with Gasteiger partial charge >= 0.3 is 6.18 Å². The predicted molar refractivity (Wildman–Crippen MR) is 64.1 cm³/mol. The van der Waals surface area contributed by atoms with Crippen LogP contribution in [0.2, 0.25) is 5.02 Å². The van der Waals surface area contributed by atoms with E-state index < -0.39 is 11.9 Å². The topological polar surface area (TPSA) is 38.9 Å². The molecule has 1 heterocycles. The van der Waals surface area contributed by atoms with Crippen molar-refractivity contribution in [3.05, 3.63) is 47.2 Å². The summed E-state index contributed by atoms with van der Waals surface area (Å²) in [5, 5.41) is 0.457. The van der Waals surface area contributed by atoms with Crippen LogP contribution in [-0.2, 0) is 6.18 Å². The van der Waals surface area contributed by atoms with Crippen molar-refractivity contribution in [1.29, 1.82) is 0 Å². The van der Waals surface area contributed by atoms with Gasteiger partial charge in [0.1, 0.15) is 5.69 Å². The molecule has 0 aliphatic heterocycles. The minimum absolute atomic E-state index is 0.431. The van der Waals surface area contributed by atoms with E-state index in [4.69, 9.17) is 17.3 Å². The molecule has 0 atom stereocenters.